The number of halogens is 3. The molecule has 1 aliphatic rings. The number of ether oxygens (including phenoxy) is 2. The van der Waals surface area contributed by atoms with Gasteiger partial charge in [0.2, 0.25) is 0 Å². The molecule has 0 aromatic heterocycles. The molecular formula is C20H20F3NO3. The van der Waals surface area contributed by atoms with Crippen LogP contribution in [0, 0.1) is 0 Å². The highest BCUT2D eigenvalue weighted by atomic mass is 19.4. The van der Waals surface area contributed by atoms with Crippen LogP contribution in [0.4, 0.5) is 13.2 Å². The summed E-state index contributed by atoms with van der Waals surface area (Å²) in [7, 11) is 3.03. The highest BCUT2D eigenvalue weighted by Crippen LogP contribution is 2.36. The molecule has 3 rings (SSSR count). The minimum Gasteiger partial charge on any atom is -0.497 e. The number of carbonyl (C=O) groups excluding carboxylic acids is 1. The molecule has 0 atom stereocenters. The van der Waals surface area contributed by atoms with Gasteiger partial charge in [0.15, 0.2) is 0 Å². The Balaban J connectivity index is 1.95. The second-order valence-corrected chi connectivity index (χ2v) is 6.39. The highest BCUT2D eigenvalue weighted by Gasteiger charge is 2.39. The summed E-state index contributed by atoms with van der Waals surface area (Å²) in [6.07, 6.45) is -3.05. The molecule has 0 bridgehead atoms. The first-order chi connectivity index (χ1) is 12.8. The zero-order valence-corrected chi connectivity index (χ0v) is 15.0. The van der Waals surface area contributed by atoms with E-state index in [4.69, 9.17) is 9.47 Å². The maximum atomic E-state index is 13.3. The van der Waals surface area contributed by atoms with Gasteiger partial charge in [-0.15, -0.1) is 0 Å². The molecule has 144 valence electrons. The van der Waals surface area contributed by atoms with Gasteiger partial charge in [-0.3, -0.25) is 4.79 Å². The van der Waals surface area contributed by atoms with Crippen LogP contribution in [0.15, 0.2) is 42.5 Å². The number of carbonyl (C=O) groups is 1. The minimum absolute atomic E-state index is 0.0744. The fourth-order valence-electron chi connectivity index (χ4n) is 3.01. The third-order valence-corrected chi connectivity index (χ3v) is 4.54. The Hall–Kier alpha value is -2.70. The molecule has 0 aliphatic heterocycles. The van der Waals surface area contributed by atoms with Gasteiger partial charge in [-0.05, 0) is 43.2 Å². The number of alkyl halides is 3. The van der Waals surface area contributed by atoms with Gasteiger partial charge < -0.3 is 14.4 Å². The van der Waals surface area contributed by atoms with Crippen molar-refractivity contribution in [3.63, 3.8) is 0 Å². The van der Waals surface area contributed by atoms with Crippen molar-refractivity contribution in [3.05, 3.63) is 59.2 Å². The van der Waals surface area contributed by atoms with Crippen LogP contribution in [-0.4, -0.2) is 31.1 Å². The van der Waals surface area contributed by atoms with E-state index in [-0.39, 0.29) is 18.2 Å². The van der Waals surface area contributed by atoms with Crippen LogP contribution in [-0.2, 0) is 12.7 Å². The van der Waals surface area contributed by atoms with Gasteiger partial charge in [-0.2, -0.15) is 13.2 Å². The van der Waals surface area contributed by atoms with E-state index in [0.717, 1.165) is 18.9 Å². The molecule has 2 aromatic rings. The molecule has 1 aliphatic carbocycles. The molecular weight excluding hydrogens is 359 g/mol. The number of benzene rings is 2. The van der Waals surface area contributed by atoms with Crippen LogP contribution < -0.4 is 9.47 Å². The van der Waals surface area contributed by atoms with E-state index >= 15 is 0 Å². The fraction of sp³-hybridized carbons (Fsp3) is 0.350. The third kappa shape index (κ3) is 4.18. The van der Waals surface area contributed by atoms with Crippen LogP contribution in [0.3, 0.4) is 0 Å². The van der Waals surface area contributed by atoms with E-state index in [1.54, 1.807) is 18.2 Å². The Morgan fingerprint density at radius 3 is 2.41 bits per heavy atom. The first kappa shape index (κ1) is 19.1. The average molecular weight is 379 g/mol. The van der Waals surface area contributed by atoms with E-state index in [0.29, 0.717) is 17.1 Å². The number of hydrogen-bond acceptors (Lipinski definition) is 3. The highest BCUT2D eigenvalue weighted by molar-refractivity contribution is 5.96. The van der Waals surface area contributed by atoms with Crippen molar-refractivity contribution >= 4 is 5.91 Å². The number of rotatable bonds is 6. The molecule has 0 radical (unpaired) electrons. The molecule has 0 unspecified atom stereocenters. The Kier molecular flexibility index (Phi) is 5.30. The fourth-order valence-corrected chi connectivity index (χ4v) is 3.01. The topological polar surface area (TPSA) is 38.8 Å². The summed E-state index contributed by atoms with van der Waals surface area (Å²) in [5, 5.41) is 0. The summed E-state index contributed by atoms with van der Waals surface area (Å²) in [6, 6.07) is 9.99. The van der Waals surface area contributed by atoms with Gasteiger partial charge in [0.25, 0.3) is 5.91 Å². The van der Waals surface area contributed by atoms with Gasteiger partial charge in [-0.1, -0.05) is 12.1 Å². The number of hydrogen-bond donors (Lipinski definition) is 0. The first-order valence-corrected chi connectivity index (χ1v) is 8.53. The summed E-state index contributed by atoms with van der Waals surface area (Å²) in [6.45, 7) is 0.149. The Morgan fingerprint density at radius 1 is 1.11 bits per heavy atom. The molecule has 7 heteroatoms. The molecule has 0 saturated heterocycles. The summed E-state index contributed by atoms with van der Waals surface area (Å²) in [5.41, 5.74) is -0.571. The molecule has 0 N–H and O–H groups in total. The molecule has 27 heavy (non-hydrogen) atoms. The van der Waals surface area contributed by atoms with Crippen LogP contribution >= 0.6 is 0 Å². The zero-order chi connectivity index (χ0) is 19.6. The summed E-state index contributed by atoms with van der Waals surface area (Å²) in [5.74, 6) is 0.512. The lowest BCUT2D eigenvalue weighted by Gasteiger charge is -2.25. The lowest BCUT2D eigenvalue weighted by atomic mass is 10.0. The normalized spacial score (nSPS) is 14.0. The molecule has 2 aromatic carbocycles. The SMILES string of the molecule is COc1ccc(OC)c(CN(C(=O)c2ccccc2C(F)(F)F)C2CC2)c1. The molecule has 4 nitrogen and oxygen atoms in total. The van der Waals surface area contributed by atoms with Crippen LogP contribution in [0.25, 0.3) is 0 Å². The predicted octanol–water partition coefficient (Wildman–Crippen LogP) is 4.53. The van der Waals surface area contributed by atoms with Crippen LogP contribution in [0.1, 0.15) is 34.3 Å². The third-order valence-electron chi connectivity index (χ3n) is 4.54. The lowest BCUT2D eigenvalue weighted by molar-refractivity contribution is -0.138. The minimum atomic E-state index is -4.59. The lowest BCUT2D eigenvalue weighted by Crippen LogP contribution is -2.34. The maximum Gasteiger partial charge on any atom is 0.417 e. The molecule has 1 amide bonds. The van der Waals surface area contributed by atoms with Gasteiger partial charge in [0.05, 0.1) is 31.9 Å². The van der Waals surface area contributed by atoms with E-state index in [2.05, 4.69) is 0 Å². The largest absolute Gasteiger partial charge is 0.497 e. The van der Waals surface area contributed by atoms with Crippen molar-refractivity contribution in [3.8, 4) is 11.5 Å². The number of amides is 1. The van der Waals surface area contributed by atoms with E-state index in [1.807, 2.05) is 0 Å². The van der Waals surface area contributed by atoms with Crippen molar-refractivity contribution in [2.45, 2.75) is 31.6 Å². The van der Waals surface area contributed by atoms with Gasteiger partial charge >= 0.3 is 6.18 Å². The quantitative estimate of drug-likeness (QED) is 0.740. The van der Waals surface area contributed by atoms with Gasteiger partial charge in [0.1, 0.15) is 11.5 Å². The van der Waals surface area contributed by atoms with Crippen molar-refractivity contribution in [2.75, 3.05) is 14.2 Å². The second kappa shape index (κ2) is 7.50. The summed E-state index contributed by atoms with van der Waals surface area (Å²) < 4.78 is 50.5. The van der Waals surface area contributed by atoms with Crippen molar-refractivity contribution in [2.24, 2.45) is 0 Å². The van der Waals surface area contributed by atoms with Crippen LogP contribution in [0.2, 0.25) is 0 Å². The second-order valence-electron chi connectivity index (χ2n) is 6.39. The van der Waals surface area contributed by atoms with Gasteiger partial charge in [0, 0.05) is 11.6 Å². The number of nitrogens with zero attached hydrogens (tertiary/aromatic N) is 1. The summed E-state index contributed by atoms with van der Waals surface area (Å²) in [4.78, 5) is 14.5. The smallest absolute Gasteiger partial charge is 0.417 e. The van der Waals surface area contributed by atoms with Crippen LogP contribution in [0.5, 0.6) is 11.5 Å². The first-order valence-electron chi connectivity index (χ1n) is 8.53. The Bertz CT molecular complexity index is 831. The van der Waals surface area contributed by atoms with Crippen molar-refractivity contribution in [1.29, 1.82) is 0 Å². The standard InChI is InChI=1S/C20H20F3NO3/c1-26-15-9-10-18(27-2)13(11-15)12-24(14-7-8-14)19(25)16-5-3-4-6-17(16)20(21,22)23/h3-6,9-11,14H,7-8,12H2,1-2H3. The predicted molar refractivity (Wildman–Crippen MR) is 93.9 cm³/mol. The van der Waals surface area contributed by atoms with Crippen molar-refractivity contribution in [1.82, 2.24) is 4.90 Å². The number of methoxy groups -OCH3 is 2. The molecule has 0 heterocycles. The zero-order valence-electron chi connectivity index (χ0n) is 15.0. The van der Waals surface area contributed by atoms with E-state index in [9.17, 15) is 18.0 Å². The van der Waals surface area contributed by atoms with E-state index in [1.165, 1.54) is 37.3 Å². The molecule has 0 spiro atoms. The monoisotopic (exact) mass is 379 g/mol. The van der Waals surface area contributed by atoms with Crippen molar-refractivity contribution < 1.29 is 27.4 Å². The average Bonchev–Trinajstić information content (AvgIpc) is 3.49. The Morgan fingerprint density at radius 2 is 1.81 bits per heavy atom. The molecule has 1 fully saturated rings. The van der Waals surface area contributed by atoms with E-state index < -0.39 is 17.6 Å². The van der Waals surface area contributed by atoms with Gasteiger partial charge in [-0.25, -0.2) is 0 Å². The Labute approximate surface area is 155 Å². The maximum absolute atomic E-state index is 13.3. The molecule has 1 saturated carbocycles. The summed E-state index contributed by atoms with van der Waals surface area (Å²) >= 11 is 0.